The zero-order valence-electron chi connectivity index (χ0n) is 20.2. The van der Waals surface area contributed by atoms with Gasteiger partial charge in [0.1, 0.15) is 6.61 Å². The number of thioether (sulfide) groups is 1. The molecule has 0 aromatic carbocycles. The Kier molecular flexibility index (Phi) is 16.0. The molecule has 0 saturated heterocycles. The van der Waals surface area contributed by atoms with Gasteiger partial charge in [0.25, 0.3) is 0 Å². The quantitative estimate of drug-likeness (QED) is 0.179. The minimum absolute atomic E-state index is 0.238. The molecule has 10 nitrogen and oxygen atoms in total. The number of carbonyl (C=O) groups is 5. The summed E-state index contributed by atoms with van der Waals surface area (Å²) >= 11 is 1.49. The molecule has 0 aromatic rings. The van der Waals surface area contributed by atoms with E-state index in [1.165, 1.54) is 18.7 Å². The number of rotatable bonds is 16. The van der Waals surface area contributed by atoms with Crippen molar-refractivity contribution in [2.24, 2.45) is 0 Å². The number of unbranched alkanes of at least 4 members (excludes halogenated alkanes) is 3. The highest BCUT2D eigenvalue weighted by atomic mass is 32.2. The van der Waals surface area contributed by atoms with Crippen LogP contribution in [0.5, 0.6) is 0 Å². The van der Waals surface area contributed by atoms with Gasteiger partial charge >= 0.3 is 29.8 Å². The van der Waals surface area contributed by atoms with Crippen molar-refractivity contribution in [3.05, 3.63) is 0 Å². The van der Waals surface area contributed by atoms with E-state index >= 15 is 0 Å². The highest BCUT2D eigenvalue weighted by Gasteiger charge is 2.43. The lowest BCUT2D eigenvalue weighted by molar-refractivity contribution is -0.200. The molecule has 0 spiro atoms. The van der Waals surface area contributed by atoms with Crippen LogP contribution in [-0.4, -0.2) is 72.4 Å². The highest BCUT2D eigenvalue weighted by Crippen LogP contribution is 2.23. The van der Waals surface area contributed by atoms with E-state index in [4.69, 9.17) is 23.7 Å². The average Bonchev–Trinajstić information content (AvgIpc) is 2.68. The minimum atomic E-state index is -1.39. The second-order valence-electron chi connectivity index (χ2n) is 7.38. The summed E-state index contributed by atoms with van der Waals surface area (Å²) in [4.78, 5) is 58.5. The first-order chi connectivity index (χ1) is 15.5. The topological polar surface area (TPSA) is 132 Å². The van der Waals surface area contributed by atoms with Crippen LogP contribution in [-0.2, 0) is 47.7 Å². The molecule has 0 saturated carbocycles. The van der Waals surface area contributed by atoms with Crippen molar-refractivity contribution in [1.82, 2.24) is 0 Å². The first-order valence-corrected chi connectivity index (χ1v) is 12.0. The lowest BCUT2D eigenvalue weighted by Crippen LogP contribution is -2.53. The molecule has 0 aliphatic heterocycles. The van der Waals surface area contributed by atoms with E-state index in [2.05, 4.69) is 6.92 Å². The molecule has 0 bridgehead atoms. The molecule has 0 N–H and O–H groups in total. The van der Waals surface area contributed by atoms with Gasteiger partial charge in [-0.2, -0.15) is 11.8 Å². The Morgan fingerprint density at radius 2 is 1.12 bits per heavy atom. The zero-order chi connectivity index (χ0) is 25.4. The summed E-state index contributed by atoms with van der Waals surface area (Å²) in [5.41, 5.74) is 0. The molecule has 0 radical (unpaired) electrons. The Bertz CT molecular complexity index is 651. The third-order valence-electron chi connectivity index (χ3n) is 4.17. The fourth-order valence-electron chi connectivity index (χ4n) is 2.94. The molecule has 0 fully saturated rings. The van der Waals surface area contributed by atoms with Crippen LogP contribution in [0.2, 0.25) is 0 Å². The summed E-state index contributed by atoms with van der Waals surface area (Å²) in [5.74, 6) is -2.49. The Morgan fingerprint density at radius 1 is 0.636 bits per heavy atom. The maximum Gasteiger partial charge on any atom is 0.303 e. The standard InChI is InChI=1S/C22H36O10S/c1-7-8-9-10-11-33-13-20(30-16(4)25)22(32-18(6)27)21(31-17(5)26)19(29-15(3)24)12-28-14(2)23/h19-22H,7-13H2,1-6H3/t19-,20-,21-,22-/m1/s1. The van der Waals surface area contributed by atoms with Gasteiger partial charge in [0.15, 0.2) is 24.4 Å². The summed E-state index contributed by atoms with van der Waals surface area (Å²) in [6.07, 6.45) is -0.785. The summed E-state index contributed by atoms with van der Waals surface area (Å²) in [6.45, 7) is 7.41. The predicted molar refractivity (Wildman–Crippen MR) is 120 cm³/mol. The van der Waals surface area contributed by atoms with Gasteiger partial charge in [0.2, 0.25) is 0 Å². The van der Waals surface area contributed by atoms with Crippen molar-refractivity contribution in [3.8, 4) is 0 Å². The summed E-state index contributed by atoms with van der Waals surface area (Å²) in [6, 6.07) is 0. The van der Waals surface area contributed by atoms with Crippen LogP contribution in [0.25, 0.3) is 0 Å². The van der Waals surface area contributed by atoms with Crippen LogP contribution in [0.4, 0.5) is 0 Å². The van der Waals surface area contributed by atoms with Crippen LogP contribution in [0, 0.1) is 0 Å². The van der Waals surface area contributed by atoms with Crippen molar-refractivity contribution in [3.63, 3.8) is 0 Å². The normalized spacial score (nSPS) is 14.2. The van der Waals surface area contributed by atoms with Gasteiger partial charge in [0, 0.05) is 40.4 Å². The molecule has 0 heterocycles. The first kappa shape index (κ1) is 30.7. The summed E-state index contributed by atoms with van der Waals surface area (Å²) < 4.78 is 26.3. The maximum absolute atomic E-state index is 11.9. The van der Waals surface area contributed by atoms with Gasteiger partial charge in [-0.25, -0.2) is 0 Å². The van der Waals surface area contributed by atoms with E-state index in [0.717, 1.165) is 59.1 Å². The van der Waals surface area contributed by atoms with Crippen molar-refractivity contribution in [2.45, 2.75) is 91.6 Å². The molecule has 0 aliphatic carbocycles. The van der Waals surface area contributed by atoms with Gasteiger partial charge in [-0.3, -0.25) is 24.0 Å². The van der Waals surface area contributed by atoms with Crippen molar-refractivity contribution in [1.29, 1.82) is 0 Å². The van der Waals surface area contributed by atoms with E-state index in [1.807, 2.05) is 0 Å². The molecule has 11 heteroatoms. The van der Waals surface area contributed by atoms with Gasteiger partial charge in [-0.05, 0) is 12.2 Å². The SMILES string of the molecule is CCCCCCSC[C@@H](OC(C)=O)[C@@H](OC(C)=O)[C@H](OC(C)=O)[C@@H](COC(C)=O)OC(C)=O. The second kappa shape index (κ2) is 17.2. The lowest BCUT2D eigenvalue weighted by atomic mass is 10.0. The average molecular weight is 493 g/mol. The fraction of sp³-hybridized carbons (Fsp3) is 0.773. The zero-order valence-corrected chi connectivity index (χ0v) is 21.1. The number of esters is 5. The minimum Gasteiger partial charge on any atom is -0.462 e. The van der Waals surface area contributed by atoms with Crippen LogP contribution >= 0.6 is 11.8 Å². The van der Waals surface area contributed by atoms with Crippen LogP contribution in [0.15, 0.2) is 0 Å². The van der Waals surface area contributed by atoms with Gasteiger partial charge < -0.3 is 23.7 Å². The molecule has 0 rings (SSSR count). The van der Waals surface area contributed by atoms with E-state index in [9.17, 15) is 24.0 Å². The third-order valence-corrected chi connectivity index (χ3v) is 5.31. The van der Waals surface area contributed by atoms with Gasteiger partial charge in [-0.15, -0.1) is 0 Å². The van der Waals surface area contributed by atoms with Gasteiger partial charge in [0.05, 0.1) is 0 Å². The van der Waals surface area contributed by atoms with Crippen molar-refractivity contribution < 1.29 is 47.7 Å². The van der Waals surface area contributed by atoms with Gasteiger partial charge in [-0.1, -0.05) is 26.2 Å². The van der Waals surface area contributed by atoms with Crippen molar-refractivity contribution in [2.75, 3.05) is 18.1 Å². The van der Waals surface area contributed by atoms with Crippen LogP contribution in [0.1, 0.15) is 67.2 Å². The summed E-state index contributed by atoms with van der Waals surface area (Å²) in [7, 11) is 0. The second-order valence-corrected chi connectivity index (χ2v) is 8.53. The molecule has 4 atom stereocenters. The molecule has 190 valence electrons. The van der Waals surface area contributed by atoms with E-state index < -0.39 is 60.9 Å². The molecule has 33 heavy (non-hydrogen) atoms. The largest absolute Gasteiger partial charge is 0.462 e. The fourth-order valence-corrected chi connectivity index (χ4v) is 4.01. The molecular formula is C22H36O10S. The Balaban J connectivity index is 5.92. The monoisotopic (exact) mass is 492 g/mol. The molecule has 0 amide bonds. The number of ether oxygens (including phenoxy) is 5. The number of hydrogen-bond acceptors (Lipinski definition) is 11. The summed E-state index contributed by atoms with van der Waals surface area (Å²) in [5, 5.41) is 0. The van der Waals surface area contributed by atoms with E-state index in [-0.39, 0.29) is 5.75 Å². The molecule has 0 aromatic heterocycles. The van der Waals surface area contributed by atoms with Crippen LogP contribution in [0.3, 0.4) is 0 Å². The first-order valence-electron chi connectivity index (χ1n) is 10.9. The molecule has 0 unspecified atom stereocenters. The van der Waals surface area contributed by atoms with Crippen molar-refractivity contribution >= 4 is 41.6 Å². The maximum atomic E-state index is 11.9. The van der Waals surface area contributed by atoms with Crippen LogP contribution < -0.4 is 0 Å². The molecule has 0 aliphatic rings. The Morgan fingerprint density at radius 3 is 1.58 bits per heavy atom. The van der Waals surface area contributed by atoms with E-state index in [0.29, 0.717) is 0 Å². The number of hydrogen-bond donors (Lipinski definition) is 0. The number of carbonyl (C=O) groups excluding carboxylic acids is 5. The lowest BCUT2D eigenvalue weighted by Gasteiger charge is -2.35. The Labute approximate surface area is 199 Å². The third kappa shape index (κ3) is 15.2. The van der Waals surface area contributed by atoms with E-state index in [1.54, 1.807) is 0 Å². The predicted octanol–water partition coefficient (Wildman–Crippen LogP) is 2.59. The Hall–Kier alpha value is -2.30. The smallest absolute Gasteiger partial charge is 0.303 e. The highest BCUT2D eigenvalue weighted by molar-refractivity contribution is 7.99. The molecular weight excluding hydrogens is 456 g/mol.